The first-order valence-corrected chi connectivity index (χ1v) is 9.91. The number of aromatic nitrogens is 2. The molecule has 0 radical (unpaired) electrons. The Bertz CT molecular complexity index is 791. The van der Waals surface area contributed by atoms with Gasteiger partial charge in [0.1, 0.15) is 0 Å². The second kappa shape index (κ2) is 7.28. The van der Waals surface area contributed by atoms with Crippen LogP contribution in [0.15, 0.2) is 29.1 Å². The van der Waals surface area contributed by atoms with Gasteiger partial charge in [0.05, 0.1) is 17.6 Å². The normalized spacial score (nSPS) is 22.7. The summed E-state index contributed by atoms with van der Waals surface area (Å²) in [5, 5.41) is 6.77. The van der Waals surface area contributed by atoms with Gasteiger partial charge in [-0.3, -0.25) is 4.79 Å². The molecular weight excluding hydrogens is 310 g/mol. The van der Waals surface area contributed by atoms with E-state index in [4.69, 9.17) is 5.10 Å². The van der Waals surface area contributed by atoms with Crippen molar-refractivity contribution in [2.24, 2.45) is 5.92 Å². The van der Waals surface area contributed by atoms with E-state index in [1.54, 1.807) is 4.68 Å². The van der Waals surface area contributed by atoms with Gasteiger partial charge >= 0.3 is 0 Å². The zero-order valence-electron chi connectivity index (χ0n) is 15.3. The Kier molecular flexibility index (Phi) is 4.89. The van der Waals surface area contributed by atoms with Crippen molar-refractivity contribution in [1.29, 1.82) is 0 Å². The lowest BCUT2D eigenvalue weighted by Crippen LogP contribution is -2.35. The third-order valence-corrected chi connectivity index (χ3v) is 6.21. The molecule has 0 spiro atoms. The summed E-state index contributed by atoms with van der Waals surface area (Å²) >= 11 is 0. The van der Waals surface area contributed by atoms with E-state index >= 15 is 0 Å². The molecule has 2 heterocycles. The molecule has 0 N–H and O–H groups in total. The van der Waals surface area contributed by atoms with Crippen LogP contribution in [0.25, 0.3) is 10.8 Å². The zero-order valence-corrected chi connectivity index (χ0v) is 15.3. The summed E-state index contributed by atoms with van der Waals surface area (Å²) in [6.07, 6.45) is 10.1. The number of hydrogen-bond acceptors (Lipinski definition) is 3. The molecule has 1 saturated heterocycles. The summed E-state index contributed by atoms with van der Waals surface area (Å²) in [5.74, 6) is 0.727. The Hall–Kier alpha value is -1.68. The third kappa shape index (κ3) is 3.50. The van der Waals surface area contributed by atoms with Crippen LogP contribution in [0.3, 0.4) is 0 Å². The van der Waals surface area contributed by atoms with Crippen LogP contribution in [0, 0.1) is 5.92 Å². The summed E-state index contributed by atoms with van der Waals surface area (Å²) < 4.78 is 1.76. The van der Waals surface area contributed by atoms with Gasteiger partial charge < -0.3 is 4.90 Å². The number of fused-ring (bicyclic) bond motifs is 1. The SMILES string of the molecule is CN1CCC[C@@H]1Cn1nc(CC2CCCCC2)c2ccccc2c1=O. The number of likely N-dealkylation sites (tertiary alicyclic amines) is 1. The van der Waals surface area contributed by atoms with Crippen molar-refractivity contribution < 1.29 is 0 Å². The Morgan fingerprint density at radius 2 is 1.80 bits per heavy atom. The molecule has 1 aliphatic carbocycles. The van der Waals surface area contributed by atoms with E-state index in [2.05, 4.69) is 18.0 Å². The summed E-state index contributed by atoms with van der Waals surface area (Å²) in [6, 6.07) is 8.49. The van der Waals surface area contributed by atoms with E-state index in [1.165, 1.54) is 38.5 Å². The van der Waals surface area contributed by atoms with Crippen molar-refractivity contribution >= 4 is 10.8 Å². The smallest absolute Gasteiger partial charge is 0.274 e. The summed E-state index contributed by atoms with van der Waals surface area (Å²) in [6.45, 7) is 1.85. The molecule has 0 unspecified atom stereocenters. The number of hydrogen-bond donors (Lipinski definition) is 0. The monoisotopic (exact) mass is 339 g/mol. The molecule has 2 aliphatic rings. The highest BCUT2D eigenvalue weighted by molar-refractivity contribution is 5.83. The second-order valence-corrected chi connectivity index (χ2v) is 7.96. The van der Waals surface area contributed by atoms with Crippen molar-refractivity contribution in [2.45, 2.75) is 64.0 Å². The lowest BCUT2D eigenvalue weighted by molar-refractivity contribution is 0.269. The Balaban J connectivity index is 1.70. The van der Waals surface area contributed by atoms with Crippen LogP contribution in [0.2, 0.25) is 0 Å². The van der Waals surface area contributed by atoms with Gasteiger partial charge in [0.15, 0.2) is 0 Å². The van der Waals surface area contributed by atoms with Crippen LogP contribution in [-0.2, 0) is 13.0 Å². The van der Waals surface area contributed by atoms with Gasteiger partial charge in [-0.1, -0.05) is 50.3 Å². The largest absolute Gasteiger partial charge is 0.302 e. The van der Waals surface area contributed by atoms with E-state index in [1.807, 2.05) is 18.2 Å². The zero-order chi connectivity index (χ0) is 17.2. The van der Waals surface area contributed by atoms with Gasteiger partial charge in [-0.05, 0) is 44.8 Å². The van der Waals surface area contributed by atoms with Crippen molar-refractivity contribution in [3.05, 3.63) is 40.3 Å². The Labute approximate surface area is 149 Å². The maximum Gasteiger partial charge on any atom is 0.274 e. The average molecular weight is 339 g/mol. The lowest BCUT2D eigenvalue weighted by Gasteiger charge is -2.23. The molecular formula is C21H29N3O. The van der Waals surface area contributed by atoms with Crippen molar-refractivity contribution in [1.82, 2.24) is 14.7 Å². The minimum absolute atomic E-state index is 0.0725. The summed E-state index contributed by atoms with van der Waals surface area (Å²) in [5.41, 5.74) is 1.20. The molecule has 4 heteroatoms. The number of nitrogens with zero attached hydrogens (tertiary/aromatic N) is 3. The summed E-state index contributed by atoms with van der Waals surface area (Å²) in [4.78, 5) is 15.3. The van der Waals surface area contributed by atoms with Gasteiger partial charge in [0.25, 0.3) is 5.56 Å². The number of rotatable bonds is 4. The Morgan fingerprint density at radius 1 is 1.04 bits per heavy atom. The molecule has 4 rings (SSSR count). The van der Waals surface area contributed by atoms with E-state index in [-0.39, 0.29) is 5.56 Å². The first-order valence-electron chi connectivity index (χ1n) is 9.91. The van der Waals surface area contributed by atoms with Crippen molar-refractivity contribution in [3.63, 3.8) is 0 Å². The molecule has 0 bridgehead atoms. The molecule has 25 heavy (non-hydrogen) atoms. The highest BCUT2D eigenvalue weighted by Crippen LogP contribution is 2.28. The van der Waals surface area contributed by atoms with Crippen molar-refractivity contribution in [2.75, 3.05) is 13.6 Å². The molecule has 134 valence electrons. The van der Waals surface area contributed by atoms with Gasteiger partial charge in [-0.15, -0.1) is 0 Å². The van der Waals surface area contributed by atoms with E-state index in [0.717, 1.165) is 48.3 Å². The molecule has 4 nitrogen and oxygen atoms in total. The molecule has 1 aromatic heterocycles. The Morgan fingerprint density at radius 3 is 2.52 bits per heavy atom. The molecule has 2 aromatic rings. The van der Waals surface area contributed by atoms with Crippen LogP contribution in [0.1, 0.15) is 50.6 Å². The maximum absolute atomic E-state index is 12.9. The minimum Gasteiger partial charge on any atom is -0.302 e. The van der Waals surface area contributed by atoms with Crippen LogP contribution in [-0.4, -0.2) is 34.3 Å². The van der Waals surface area contributed by atoms with Crippen molar-refractivity contribution in [3.8, 4) is 0 Å². The van der Waals surface area contributed by atoms with Crippen LogP contribution < -0.4 is 5.56 Å². The first kappa shape index (κ1) is 16.8. The van der Waals surface area contributed by atoms with Crippen LogP contribution in [0.4, 0.5) is 0 Å². The molecule has 0 amide bonds. The fourth-order valence-corrected chi connectivity index (χ4v) is 4.65. The minimum atomic E-state index is 0.0725. The number of likely N-dealkylation sites (N-methyl/N-ethyl adjacent to an activating group) is 1. The molecule has 1 saturated carbocycles. The van der Waals surface area contributed by atoms with E-state index in [0.29, 0.717) is 6.04 Å². The lowest BCUT2D eigenvalue weighted by atomic mass is 9.85. The van der Waals surface area contributed by atoms with Crippen LogP contribution >= 0.6 is 0 Å². The van der Waals surface area contributed by atoms with Gasteiger partial charge in [0.2, 0.25) is 0 Å². The highest BCUT2D eigenvalue weighted by atomic mass is 16.1. The third-order valence-electron chi connectivity index (χ3n) is 6.21. The highest BCUT2D eigenvalue weighted by Gasteiger charge is 2.23. The second-order valence-electron chi connectivity index (χ2n) is 7.96. The van der Waals surface area contributed by atoms with Gasteiger partial charge in [-0.2, -0.15) is 5.10 Å². The number of benzene rings is 1. The molecule has 1 aromatic carbocycles. The topological polar surface area (TPSA) is 38.1 Å². The standard InChI is InChI=1S/C21H29N3O/c1-23-13-7-10-17(23)15-24-21(25)19-12-6-5-11-18(19)20(22-24)14-16-8-3-2-4-9-16/h5-6,11-12,16-17H,2-4,7-10,13-15H2,1H3/t17-/m1/s1. The van der Waals surface area contributed by atoms with E-state index < -0.39 is 0 Å². The molecule has 1 aliphatic heterocycles. The summed E-state index contributed by atoms with van der Waals surface area (Å²) in [7, 11) is 2.16. The maximum atomic E-state index is 12.9. The average Bonchev–Trinajstić information content (AvgIpc) is 3.05. The predicted molar refractivity (Wildman–Crippen MR) is 102 cm³/mol. The van der Waals surface area contributed by atoms with Gasteiger partial charge in [-0.25, -0.2) is 4.68 Å². The van der Waals surface area contributed by atoms with E-state index in [9.17, 15) is 4.79 Å². The molecule has 2 fully saturated rings. The van der Waals surface area contributed by atoms with Gasteiger partial charge in [0, 0.05) is 11.4 Å². The predicted octanol–water partition coefficient (Wildman–Crippen LogP) is 3.61. The quantitative estimate of drug-likeness (QED) is 0.854. The first-order chi connectivity index (χ1) is 12.2. The molecule has 1 atom stereocenters. The fraction of sp³-hybridized carbons (Fsp3) is 0.619. The fourth-order valence-electron chi connectivity index (χ4n) is 4.65. The van der Waals surface area contributed by atoms with Crippen LogP contribution in [0.5, 0.6) is 0 Å².